The summed E-state index contributed by atoms with van der Waals surface area (Å²) in [6.07, 6.45) is 3.09. The molecule has 0 aromatic carbocycles. The van der Waals surface area contributed by atoms with Crippen LogP contribution in [-0.4, -0.2) is 15.6 Å². The van der Waals surface area contributed by atoms with E-state index in [2.05, 4.69) is 13.8 Å². The summed E-state index contributed by atoms with van der Waals surface area (Å²) in [4.78, 5) is 23.1. The van der Waals surface area contributed by atoms with Crippen molar-refractivity contribution in [3.05, 3.63) is 33.2 Å². The first-order valence-corrected chi connectivity index (χ1v) is 6.79. The van der Waals surface area contributed by atoms with Crippen molar-refractivity contribution in [3.8, 4) is 0 Å². The molecule has 0 aliphatic heterocycles. The molecule has 0 bridgehead atoms. The number of hydrogen-bond donors (Lipinski definition) is 1. The van der Waals surface area contributed by atoms with Gasteiger partial charge >= 0.3 is 5.97 Å². The zero-order chi connectivity index (χ0) is 14.6. The monoisotopic (exact) mass is 265 g/mol. The average Bonchev–Trinajstić information content (AvgIpc) is 2.26. The van der Waals surface area contributed by atoms with Crippen molar-refractivity contribution in [1.82, 2.24) is 4.57 Å². The van der Waals surface area contributed by atoms with E-state index in [1.807, 2.05) is 0 Å². The normalized spacial score (nSPS) is 11.0. The maximum atomic E-state index is 11.9. The molecule has 4 heteroatoms. The third kappa shape index (κ3) is 3.94. The van der Waals surface area contributed by atoms with Crippen molar-refractivity contribution in [1.29, 1.82) is 0 Å². The maximum Gasteiger partial charge on any atom is 0.337 e. The van der Waals surface area contributed by atoms with Crippen LogP contribution in [0.2, 0.25) is 0 Å². The first-order valence-electron chi connectivity index (χ1n) is 6.79. The highest BCUT2D eigenvalue weighted by molar-refractivity contribution is 5.90. The van der Waals surface area contributed by atoms with Gasteiger partial charge in [-0.05, 0) is 31.7 Å². The fourth-order valence-corrected chi connectivity index (χ4v) is 2.34. The Morgan fingerprint density at radius 3 is 2.47 bits per heavy atom. The van der Waals surface area contributed by atoms with Gasteiger partial charge in [0, 0.05) is 18.3 Å². The fraction of sp³-hybridized carbons (Fsp3) is 0.600. The Kier molecular flexibility index (Phi) is 5.33. The molecule has 106 valence electrons. The molecule has 1 rings (SSSR count). The quantitative estimate of drug-likeness (QED) is 0.804. The number of aromatic carboxylic acids is 1. The lowest BCUT2D eigenvalue weighted by Crippen LogP contribution is -2.25. The van der Waals surface area contributed by atoms with Gasteiger partial charge in [-0.1, -0.05) is 26.7 Å². The number of pyridine rings is 1. The average molecular weight is 265 g/mol. The van der Waals surface area contributed by atoms with Gasteiger partial charge in [-0.2, -0.15) is 0 Å². The Hall–Kier alpha value is -1.58. The summed E-state index contributed by atoms with van der Waals surface area (Å²) >= 11 is 0. The van der Waals surface area contributed by atoms with Crippen LogP contribution in [0, 0.1) is 19.8 Å². The molecule has 4 nitrogen and oxygen atoms in total. The Morgan fingerprint density at radius 1 is 1.32 bits per heavy atom. The van der Waals surface area contributed by atoms with Crippen molar-refractivity contribution < 1.29 is 9.90 Å². The Morgan fingerprint density at radius 2 is 1.95 bits per heavy atom. The molecule has 0 atom stereocenters. The number of rotatable bonds is 6. The highest BCUT2D eigenvalue weighted by atomic mass is 16.4. The number of aromatic nitrogens is 1. The van der Waals surface area contributed by atoms with Gasteiger partial charge in [0.2, 0.25) is 0 Å². The zero-order valence-corrected chi connectivity index (χ0v) is 12.2. The van der Waals surface area contributed by atoms with Crippen LogP contribution in [0.25, 0.3) is 0 Å². The second-order valence-corrected chi connectivity index (χ2v) is 5.47. The van der Waals surface area contributed by atoms with Crippen molar-refractivity contribution in [3.63, 3.8) is 0 Å². The summed E-state index contributed by atoms with van der Waals surface area (Å²) in [6.45, 7) is 8.32. The molecular weight excluding hydrogens is 242 g/mol. The predicted octanol–water partition coefficient (Wildman–Crippen LogP) is 2.99. The highest BCUT2D eigenvalue weighted by Gasteiger charge is 2.15. The number of carboxylic acid groups (broad SMARTS) is 1. The van der Waals surface area contributed by atoms with Gasteiger partial charge in [0.1, 0.15) is 0 Å². The number of nitrogens with zero attached hydrogens (tertiary/aromatic N) is 1. The lowest BCUT2D eigenvalue weighted by molar-refractivity contribution is 0.0694. The molecule has 1 heterocycles. The molecule has 0 unspecified atom stereocenters. The van der Waals surface area contributed by atoms with Gasteiger partial charge in [-0.3, -0.25) is 4.79 Å². The first kappa shape index (κ1) is 15.5. The molecule has 0 radical (unpaired) electrons. The van der Waals surface area contributed by atoms with Crippen molar-refractivity contribution in [2.75, 3.05) is 0 Å². The topological polar surface area (TPSA) is 59.3 Å². The molecule has 0 amide bonds. The van der Waals surface area contributed by atoms with Crippen LogP contribution in [0.15, 0.2) is 10.9 Å². The minimum Gasteiger partial charge on any atom is -0.478 e. The third-order valence-electron chi connectivity index (χ3n) is 3.39. The van der Waals surface area contributed by atoms with E-state index < -0.39 is 5.97 Å². The van der Waals surface area contributed by atoms with E-state index in [0.717, 1.165) is 19.3 Å². The van der Waals surface area contributed by atoms with Crippen molar-refractivity contribution in [2.24, 2.45) is 5.92 Å². The largest absolute Gasteiger partial charge is 0.478 e. The number of aryl methyl sites for hydroxylation is 1. The van der Waals surface area contributed by atoms with Crippen LogP contribution >= 0.6 is 0 Å². The summed E-state index contributed by atoms with van der Waals surface area (Å²) < 4.78 is 1.58. The van der Waals surface area contributed by atoms with Crippen molar-refractivity contribution in [2.45, 2.75) is 53.5 Å². The minimum atomic E-state index is -0.967. The summed E-state index contributed by atoms with van der Waals surface area (Å²) in [5, 5.41) is 9.19. The second kappa shape index (κ2) is 6.55. The van der Waals surface area contributed by atoms with Crippen molar-refractivity contribution >= 4 is 5.97 Å². The second-order valence-electron chi connectivity index (χ2n) is 5.47. The van der Waals surface area contributed by atoms with Gasteiger partial charge in [-0.25, -0.2) is 4.79 Å². The van der Waals surface area contributed by atoms with Gasteiger partial charge in [0.15, 0.2) is 0 Å². The molecular formula is C15H23NO3. The van der Waals surface area contributed by atoms with Gasteiger partial charge in [0.25, 0.3) is 5.56 Å². The molecule has 0 saturated heterocycles. The Balaban J connectivity index is 2.92. The summed E-state index contributed by atoms with van der Waals surface area (Å²) in [5.74, 6) is -0.309. The van der Waals surface area contributed by atoms with Crippen LogP contribution in [0.4, 0.5) is 0 Å². The number of unbranched alkanes of at least 4 members (excludes halogenated alkanes) is 1. The maximum absolute atomic E-state index is 11.9. The standard InChI is InChI=1S/C15H23NO3/c1-10(2)7-5-6-8-16-12(4)14(15(18)19)11(3)9-13(16)17/h9-10H,5-8H2,1-4H3,(H,18,19). The van der Waals surface area contributed by atoms with E-state index in [1.54, 1.807) is 18.4 Å². The lowest BCUT2D eigenvalue weighted by atomic mass is 10.1. The molecule has 1 aromatic rings. The predicted molar refractivity (Wildman–Crippen MR) is 75.8 cm³/mol. The summed E-state index contributed by atoms with van der Waals surface area (Å²) in [5.41, 5.74) is 1.24. The van der Waals surface area contributed by atoms with Crippen LogP contribution in [0.5, 0.6) is 0 Å². The van der Waals surface area contributed by atoms with Crippen LogP contribution < -0.4 is 5.56 Å². The van der Waals surface area contributed by atoms with Crippen LogP contribution in [0.3, 0.4) is 0 Å². The summed E-state index contributed by atoms with van der Waals surface area (Å²) in [6, 6.07) is 1.42. The van der Waals surface area contributed by atoms with Crippen LogP contribution in [0.1, 0.15) is 54.7 Å². The van der Waals surface area contributed by atoms with E-state index in [0.29, 0.717) is 23.7 Å². The minimum absolute atomic E-state index is 0.107. The zero-order valence-electron chi connectivity index (χ0n) is 12.2. The number of carbonyl (C=O) groups is 1. The van der Waals surface area contributed by atoms with E-state index in [4.69, 9.17) is 0 Å². The molecule has 1 N–H and O–H groups in total. The highest BCUT2D eigenvalue weighted by Crippen LogP contribution is 2.13. The molecule has 19 heavy (non-hydrogen) atoms. The molecule has 0 aliphatic carbocycles. The van der Waals surface area contributed by atoms with Gasteiger partial charge in [-0.15, -0.1) is 0 Å². The Bertz CT molecular complexity index is 515. The fourth-order valence-electron chi connectivity index (χ4n) is 2.34. The van der Waals surface area contributed by atoms with Gasteiger partial charge in [0.05, 0.1) is 5.56 Å². The van der Waals surface area contributed by atoms with E-state index >= 15 is 0 Å². The molecule has 0 saturated carbocycles. The SMILES string of the molecule is Cc1cc(=O)n(CCCCC(C)C)c(C)c1C(=O)O. The number of carboxylic acids is 1. The molecule has 0 aliphatic rings. The van der Waals surface area contributed by atoms with Gasteiger partial charge < -0.3 is 9.67 Å². The number of hydrogen-bond acceptors (Lipinski definition) is 2. The first-order chi connectivity index (χ1) is 8.84. The van der Waals surface area contributed by atoms with E-state index in [-0.39, 0.29) is 11.1 Å². The van der Waals surface area contributed by atoms with E-state index in [1.165, 1.54) is 6.07 Å². The third-order valence-corrected chi connectivity index (χ3v) is 3.39. The molecule has 1 aromatic heterocycles. The van der Waals surface area contributed by atoms with Crippen LogP contribution in [-0.2, 0) is 6.54 Å². The molecule has 0 spiro atoms. The lowest BCUT2D eigenvalue weighted by Gasteiger charge is -2.14. The smallest absolute Gasteiger partial charge is 0.337 e. The summed E-state index contributed by atoms with van der Waals surface area (Å²) in [7, 11) is 0. The Labute approximate surface area is 114 Å². The van der Waals surface area contributed by atoms with E-state index in [9.17, 15) is 14.7 Å². The molecule has 0 fully saturated rings.